The standard InChI is InChI=1S/C19H12Cl3NO2/c20-10-4-5-11(13(22)8-10)9-6-15-18(16(24)7-9)19(25)17-12(21)2-1-3-14(17)23-15/h1-5,8-9H,6-7H2,(H,23,25). The Labute approximate surface area is 158 Å². The summed E-state index contributed by atoms with van der Waals surface area (Å²) in [6.07, 6.45) is 0.757. The summed E-state index contributed by atoms with van der Waals surface area (Å²) in [6, 6.07) is 10.5. The van der Waals surface area contributed by atoms with E-state index in [4.69, 9.17) is 34.8 Å². The molecule has 3 nitrogen and oxygen atoms in total. The van der Waals surface area contributed by atoms with Gasteiger partial charge in [-0.1, -0.05) is 46.9 Å². The fourth-order valence-corrected chi connectivity index (χ4v) is 4.31. The summed E-state index contributed by atoms with van der Waals surface area (Å²) in [5, 5.41) is 1.78. The minimum atomic E-state index is -0.306. The quantitative estimate of drug-likeness (QED) is 0.602. The molecule has 0 saturated heterocycles. The van der Waals surface area contributed by atoms with Gasteiger partial charge in [-0.25, -0.2) is 0 Å². The summed E-state index contributed by atoms with van der Waals surface area (Å²) in [5.41, 5.74) is 2.03. The van der Waals surface area contributed by atoms with Crippen LogP contribution < -0.4 is 5.43 Å². The first-order valence-corrected chi connectivity index (χ1v) is 8.90. The summed E-state index contributed by atoms with van der Waals surface area (Å²) >= 11 is 18.4. The van der Waals surface area contributed by atoms with Gasteiger partial charge in [0, 0.05) is 22.2 Å². The van der Waals surface area contributed by atoms with Crippen LogP contribution in [0.4, 0.5) is 0 Å². The van der Waals surface area contributed by atoms with Crippen LogP contribution in [0.15, 0.2) is 41.2 Å². The first kappa shape index (κ1) is 16.6. The lowest BCUT2D eigenvalue weighted by atomic mass is 9.81. The van der Waals surface area contributed by atoms with E-state index >= 15 is 0 Å². The predicted octanol–water partition coefficient (Wildman–Crippen LogP) is 5.40. The number of fused-ring (bicyclic) bond motifs is 2. The van der Waals surface area contributed by atoms with Gasteiger partial charge in [0.15, 0.2) is 5.78 Å². The summed E-state index contributed by atoms with van der Waals surface area (Å²) in [7, 11) is 0. The van der Waals surface area contributed by atoms with Crippen molar-refractivity contribution in [2.75, 3.05) is 0 Å². The Kier molecular flexibility index (Phi) is 4.11. The molecule has 1 aliphatic carbocycles. The van der Waals surface area contributed by atoms with Crippen LogP contribution in [-0.4, -0.2) is 10.8 Å². The van der Waals surface area contributed by atoms with Gasteiger partial charge in [0.2, 0.25) is 5.43 Å². The zero-order chi connectivity index (χ0) is 17.7. The highest BCUT2D eigenvalue weighted by Crippen LogP contribution is 2.36. The van der Waals surface area contributed by atoms with Crippen molar-refractivity contribution in [3.05, 3.63) is 78.5 Å². The van der Waals surface area contributed by atoms with Gasteiger partial charge < -0.3 is 4.98 Å². The Morgan fingerprint density at radius 2 is 1.76 bits per heavy atom. The molecule has 0 aliphatic heterocycles. The number of Topliss-reactive ketones (excluding diaryl/α,β-unsaturated/α-hetero) is 1. The number of halogens is 3. The molecule has 126 valence electrons. The van der Waals surface area contributed by atoms with Crippen molar-refractivity contribution in [2.24, 2.45) is 0 Å². The average molecular weight is 393 g/mol. The maximum atomic E-state index is 12.8. The first-order valence-electron chi connectivity index (χ1n) is 7.77. The molecule has 1 heterocycles. The van der Waals surface area contributed by atoms with Crippen LogP contribution in [0.2, 0.25) is 15.1 Å². The fourth-order valence-electron chi connectivity index (χ4n) is 3.49. The van der Waals surface area contributed by atoms with Gasteiger partial charge in [0.25, 0.3) is 0 Å². The molecule has 25 heavy (non-hydrogen) atoms. The molecule has 0 amide bonds. The molecule has 2 aromatic carbocycles. The number of aromatic amines is 1. The van der Waals surface area contributed by atoms with E-state index in [1.807, 2.05) is 6.07 Å². The summed E-state index contributed by atoms with van der Waals surface area (Å²) in [5.74, 6) is -0.294. The molecule has 0 bridgehead atoms. The van der Waals surface area contributed by atoms with Crippen molar-refractivity contribution in [1.82, 2.24) is 4.98 Å². The zero-order valence-corrected chi connectivity index (χ0v) is 15.2. The Bertz CT molecular complexity index is 1090. The second-order valence-corrected chi connectivity index (χ2v) is 7.42. The number of carbonyl (C=O) groups excluding carboxylic acids is 1. The van der Waals surface area contributed by atoms with E-state index in [1.165, 1.54) is 0 Å². The number of rotatable bonds is 1. The number of benzene rings is 2. The summed E-state index contributed by atoms with van der Waals surface area (Å²) < 4.78 is 0. The van der Waals surface area contributed by atoms with Gasteiger partial charge in [0.1, 0.15) is 0 Å². The normalized spacial score (nSPS) is 16.9. The van der Waals surface area contributed by atoms with E-state index in [2.05, 4.69) is 4.98 Å². The Hall–Kier alpha value is -1.81. The molecular weight excluding hydrogens is 381 g/mol. The third-order valence-corrected chi connectivity index (χ3v) is 5.50. The second kappa shape index (κ2) is 6.17. The third-order valence-electron chi connectivity index (χ3n) is 4.62. The number of ketones is 1. The zero-order valence-electron chi connectivity index (χ0n) is 12.9. The SMILES string of the molecule is O=C1CC(c2ccc(Cl)cc2Cl)Cc2[nH]c3cccc(Cl)c3c(=O)c21. The maximum absolute atomic E-state index is 12.8. The fraction of sp³-hybridized carbons (Fsp3) is 0.158. The molecule has 1 N–H and O–H groups in total. The monoisotopic (exact) mass is 391 g/mol. The minimum absolute atomic E-state index is 0.1000. The number of H-pyrrole nitrogens is 1. The maximum Gasteiger partial charge on any atom is 0.201 e. The molecule has 0 fully saturated rings. The average Bonchev–Trinajstić information content (AvgIpc) is 2.54. The van der Waals surface area contributed by atoms with Crippen LogP contribution in [0.3, 0.4) is 0 Å². The largest absolute Gasteiger partial charge is 0.358 e. The summed E-state index contributed by atoms with van der Waals surface area (Å²) in [6.45, 7) is 0. The van der Waals surface area contributed by atoms with Crippen molar-refractivity contribution in [2.45, 2.75) is 18.8 Å². The molecular formula is C19H12Cl3NO2. The van der Waals surface area contributed by atoms with E-state index in [9.17, 15) is 9.59 Å². The molecule has 1 aliphatic rings. The van der Waals surface area contributed by atoms with Gasteiger partial charge in [-0.05, 0) is 42.2 Å². The van der Waals surface area contributed by atoms with Crippen molar-refractivity contribution >= 4 is 51.5 Å². The van der Waals surface area contributed by atoms with Crippen LogP contribution in [0.25, 0.3) is 10.9 Å². The Morgan fingerprint density at radius 1 is 0.960 bits per heavy atom. The molecule has 1 atom stereocenters. The van der Waals surface area contributed by atoms with Crippen molar-refractivity contribution in [3.63, 3.8) is 0 Å². The number of nitrogens with one attached hydrogen (secondary N) is 1. The van der Waals surface area contributed by atoms with E-state index in [0.29, 0.717) is 38.1 Å². The number of hydrogen-bond donors (Lipinski definition) is 1. The predicted molar refractivity (Wildman–Crippen MR) is 101 cm³/mol. The highest BCUT2D eigenvalue weighted by atomic mass is 35.5. The van der Waals surface area contributed by atoms with Crippen molar-refractivity contribution in [1.29, 1.82) is 0 Å². The first-order chi connectivity index (χ1) is 12.0. The number of hydrogen-bond acceptors (Lipinski definition) is 2. The smallest absolute Gasteiger partial charge is 0.201 e. The number of carbonyl (C=O) groups is 1. The molecule has 1 aromatic heterocycles. The lowest BCUT2D eigenvalue weighted by molar-refractivity contribution is 0.0962. The van der Waals surface area contributed by atoms with Crippen LogP contribution in [-0.2, 0) is 6.42 Å². The van der Waals surface area contributed by atoms with E-state index in [1.54, 1.807) is 30.3 Å². The van der Waals surface area contributed by atoms with E-state index < -0.39 is 0 Å². The molecule has 1 unspecified atom stereocenters. The Morgan fingerprint density at radius 3 is 2.52 bits per heavy atom. The summed E-state index contributed by atoms with van der Waals surface area (Å²) in [4.78, 5) is 28.7. The van der Waals surface area contributed by atoms with Gasteiger partial charge in [0.05, 0.1) is 21.5 Å². The number of aromatic nitrogens is 1. The second-order valence-electron chi connectivity index (χ2n) is 6.16. The molecule has 6 heteroatoms. The van der Waals surface area contributed by atoms with Gasteiger partial charge in [-0.15, -0.1) is 0 Å². The van der Waals surface area contributed by atoms with Gasteiger partial charge >= 0.3 is 0 Å². The molecule has 4 rings (SSSR count). The topological polar surface area (TPSA) is 49.9 Å². The lowest BCUT2D eigenvalue weighted by Gasteiger charge is -2.24. The van der Waals surface area contributed by atoms with Gasteiger partial charge in [-0.3, -0.25) is 9.59 Å². The van der Waals surface area contributed by atoms with Crippen LogP contribution >= 0.6 is 34.8 Å². The van der Waals surface area contributed by atoms with Crippen molar-refractivity contribution in [3.8, 4) is 0 Å². The van der Waals surface area contributed by atoms with E-state index in [-0.39, 0.29) is 29.1 Å². The molecule has 0 spiro atoms. The lowest BCUT2D eigenvalue weighted by Crippen LogP contribution is -2.27. The molecule has 0 radical (unpaired) electrons. The van der Waals surface area contributed by atoms with Crippen LogP contribution in [0, 0.1) is 0 Å². The van der Waals surface area contributed by atoms with E-state index in [0.717, 1.165) is 5.56 Å². The van der Waals surface area contributed by atoms with Crippen molar-refractivity contribution < 1.29 is 4.79 Å². The molecule has 0 saturated carbocycles. The van der Waals surface area contributed by atoms with Crippen LogP contribution in [0.1, 0.15) is 34.0 Å². The minimum Gasteiger partial charge on any atom is -0.358 e. The van der Waals surface area contributed by atoms with Gasteiger partial charge in [-0.2, -0.15) is 0 Å². The highest BCUT2D eigenvalue weighted by molar-refractivity contribution is 6.35. The molecule has 3 aromatic rings. The third kappa shape index (κ3) is 2.77. The highest BCUT2D eigenvalue weighted by Gasteiger charge is 2.31. The van der Waals surface area contributed by atoms with Crippen LogP contribution in [0.5, 0.6) is 0 Å². The number of pyridine rings is 1. The Balaban J connectivity index is 1.87.